The van der Waals surface area contributed by atoms with Crippen molar-refractivity contribution in [2.24, 2.45) is 0 Å². The fraction of sp³-hybridized carbons (Fsp3) is 0.579. The number of methoxy groups -OCH3 is 1. The SMILES string of the molecule is COC(C)(C(=O)N1CCc2cc(Cl)cc([C@@H]3CCCN3C(=O)O)c2C1)C(F)(F)F. The van der Waals surface area contributed by atoms with Crippen molar-refractivity contribution < 1.29 is 32.6 Å². The van der Waals surface area contributed by atoms with Crippen LogP contribution in [0.5, 0.6) is 0 Å². The third-order valence-corrected chi connectivity index (χ3v) is 6.06. The molecule has 2 aliphatic heterocycles. The lowest BCUT2D eigenvalue weighted by Gasteiger charge is -2.38. The lowest BCUT2D eigenvalue weighted by atomic mass is 9.89. The molecular formula is C19H22ClF3N2O4. The van der Waals surface area contributed by atoms with E-state index in [1.807, 2.05) is 0 Å². The molecule has 2 atom stereocenters. The average molecular weight is 435 g/mol. The molecule has 0 aliphatic carbocycles. The average Bonchev–Trinajstić information content (AvgIpc) is 3.14. The second kappa shape index (κ2) is 7.68. The molecular weight excluding hydrogens is 413 g/mol. The van der Waals surface area contributed by atoms with Crippen molar-refractivity contribution in [3.63, 3.8) is 0 Å². The molecule has 2 amide bonds. The van der Waals surface area contributed by atoms with Crippen LogP contribution in [0.2, 0.25) is 5.02 Å². The second-order valence-corrected chi connectivity index (χ2v) is 7.91. The molecule has 0 bridgehead atoms. The highest BCUT2D eigenvalue weighted by Gasteiger charge is 2.59. The summed E-state index contributed by atoms with van der Waals surface area (Å²) in [5, 5.41) is 9.91. The van der Waals surface area contributed by atoms with Crippen LogP contribution >= 0.6 is 11.6 Å². The van der Waals surface area contributed by atoms with Crippen molar-refractivity contribution in [3.05, 3.63) is 33.8 Å². The zero-order chi connectivity index (χ0) is 21.6. The molecule has 6 nitrogen and oxygen atoms in total. The summed E-state index contributed by atoms with van der Waals surface area (Å²) in [6.45, 7) is 1.13. The predicted molar refractivity (Wildman–Crippen MR) is 98.7 cm³/mol. The number of likely N-dealkylation sites (tertiary alicyclic amines) is 1. The Bertz CT molecular complexity index is 832. The van der Waals surface area contributed by atoms with Crippen molar-refractivity contribution >= 4 is 23.6 Å². The van der Waals surface area contributed by atoms with E-state index in [1.165, 1.54) is 4.90 Å². The lowest BCUT2D eigenvalue weighted by Crippen LogP contribution is -2.58. The first-order chi connectivity index (χ1) is 13.5. The van der Waals surface area contributed by atoms with Gasteiger partial charge in [-0.3, -0.25) is 4.79 Å². The number of rotatable bonds is 3. The Morgan fingerprint density at radius 1 is 1.28 bits per heavy atom. The van der Waals surface area contributed by atoms with E-state index < -0.39 is 29.8 Å². The summed E-state index contributed by atoms with van der Waals surface area (Å²) >= 11 is 6.23. The quantitative estimate of drug-likeness (QED) is 0.780. The van der Waals surface area contributed by atoms with Crippen LogP contribution in [-0.4, -0.2) is 58.9 Å². The number of nitrogens with zero attached hydrogens (tertiary/aromatic N) is 2. The van der Waals surface area contributed by atoms with Gasteiger partial charge in [-0.25, -0.2) is 4.79 Å². The lowest BCUT2D eigenvalue weighted by molar-refractivity contribution is -0.258. The minimum atomic E-state index is -4.87. The number of carboxylic acid groups (broad SMARTS) is 1. The van der Waals surface area contributed by atoms with E-state index in [0.717, 1.165) is 24.5 Å². The van der Waals surface area contributed by atoms with Gasteiger partial charge in [-0.1, -0.05) is 11.6 Å². The first-order valence-electron chi connectivity index (χ1n) is 9.21. The Kier molecular flexibility index (Phi) is 5.75. The van der Waals surface area contributed by atoms with Gasteiger partial charge in [0.15, 0.2) is 0 Å². The fourth-order valence-corrected chi connectivity index (χ4v) is 4.32. The first-order valence-corrected chi connectivity index (χ1v) is 9.59. The van der Waals surface area contributed by atoms with Gasteiger partial charge in [-0.2, -0.15) is 13.2 Å². The van der Waals surface area contributed by atoms with Crippen molar-refractivity contribution in [2.45, 2.75) is 50.6 Å². The Morgan fingerprint density at radius 3 is 2.55 bits per heavy atom. The molecule has 0 radical (unpaired) electrons. The molecule has 2 aliphatic rings. The van der Waals surface area contributed by atoms with Crippen LogP contribution in [-0.2, 0) is 22.5 Å². The highest BCUT2D eigenvalue weighted by Crippen LogP contribution is 2.40. The minimum Gasteiger partial charge on any atom is -0.465 e. The number of benzene rings is 1. The van der Waals surface area contributed by atoms with Crippen molar-refractivity contribution in [3.8, 4) is 0 Å². The highest BCUT2D eigenvalue weighted by atomic mass is 35.5. The van der Waals surface area contributed by atoms with E-state index in [4.69, 9.17) is 11.6 Å². The molecule has 0 aromatic heterocycles. The monoisotopic (exact) mass is 434 g/mol. The maximum atomic E-state index is 13.5. The number of carbonyl (C=O) groups is 2. The number of carbonyl (C=O) groups excluding carboxylic acids is 1. The van der Waals surface area contributed by atoms with E-state index >= 15 is 0 Å². The predicted octanol–water partition coefficient (Wildman–Crippen LogP) is 4.01. The van der Waals surface area contributed by atoms with Gasteiger partial charge in [-0.05, 0) is 55.0 Å². The van der Waals surface area contributed by atoms with Gasteiger partial charge in [0, 0.05) is 31.8 Å². The van der Waals surface area contributed by atoms with Crippen molar-refractivity contribution in [1.29, 1.82) is 0 Å². The summed E-state index contributed by atoms with van der Waals surface area (Å²) in [6, 6.07) is 2.94. The Balaban J connectivity index is 1.97. The van der Waals surface area contributed by atoms with Crippen LogP contribution in [0, 0.1) is 0 Å². The molecule has 1 aromatic rings. The van der Waals surface area contributed by atoms with E-state index in [2.05, 4.69) is 4.74 Å². The van der Waals surface area contributed by atoms with E-state index in [1.54, 1.807) is 12.1 Å². The standard InChI is InChI=1S/C19H22ClF3N2O4/c1-18(29-2,19(21,22)23)16(26)24-7-5-11-8-12(20)9-13(14(11)10-24)15-4-3-6-25(15)17(27)28/h8-9,15H,3-7,10H2,1-2H3,(H,27,28)/t15-,18?/m0/s1. The van der Waals surface area contributed by atoms with Gasteiger partial charge in [0.1, 0.15) is 0 Å². The van der Waals surface area contributed by atoms with Crippen LogP contribution in [0.25, 0.3) is 0 Å². The third kappa shape index (κ3) is 3.77. The Morgan fingerprint density at radius 2 is 1.97 bits per heavy atom. The topological polar surface area (TPSA) is 70.1 Å². The van der Waals surface area contributed by atoms with Gasteiger partial charge in [-0.15, -0.1) is 0 Å². The molecule has 1 aromatic carbocycles. The summed E-state index contributed by atoms with van der Waals surface area (Å²) in [4.78, 5) is 26.7. The van der Waals surface area contributed by atoms with Crippen molar-refractivity contribution in [1.82, 2.24) is 9.80 Å². The molecule has 1 fully saturated rings. The summed E-state index contributed by atoms with van der Waals surface area (Å²) in [6.07, 6.45) is -4.34. The van der Waals surface area contributed by atoms with Crippen LogP contribution in [0.15, 0.2) is 12.1 Å². The number of halogens is 4. The molecule has 2 heterocycles. The first kappa shape index (κ1) is 21.7. The normalized spacial score (nSPS) is 21.7. The molecule has 1 unspecified atom stereocenters. The number of ether oxygens (including phenoxy) is 1. The summed E-state index contributed by atoms with van der Waals surface area (Å²) in [7, 11) is 0.859. The number of fused-ring (bicyclic) bond motifs is 1. The summed E-state index contributed by atoms with van der Waals surface area (Å²) in [5.74, 6) is -1.17. The maximum Gasteiger partial charge on any atom is 0.426 e. The van der Waals surface area contributed by atoms with E-state index in [9.17, 15) is 27.9 Å². The van der Waals surface area contributed by atoms with E-state index in [-0.39, 0.29) is 13.1 Å². The summed E-state index contributed by atoms with van der Waals surface area (Å²) in [5.41, 5.74) is -0.818. The zero-order valence-electron chi connectivity index (χ0n) is 16.1. The molecule has 0 saturated carbocycles. The van der Waals surface area contributed by atoms with Gasteiger partial charge < -0.3 is 19.6 Å². The second-order valence-electron chi connectivity index (χ2n) is 7.48. The Labute approximate surface area is 171 Å². The molecule has 29 heavy (non-hydrogen) atoms. The van der Waals surface area contributed by atoms with Gasteiger partial charge >= 0.3 is 12.3 Å². The minimum absolute atomic E-state index is 0.0559. The smallest absolute Gasteiger partial charge is 0.426 e. The maximum absolute atomic E-state index is 13.5. The third-order valence-electron chi connectivity index (χ3n) is 5.84. The molecule has 10 heteroatoms. The fourth-order valence-electron chi connectivity index (χ4n) is 4.07. The number of hydrogen-bond donors (Lipinski definition) is 1. The molecule has 0 spiro atoms. The van der Waals surface area contributed by atoms with Crippen molar-refractivity contribution in [2.75, 3.05) is 20.2 Å². The van der Waals surface area contributed by atoms with Gasteiger partial charge in [0.05, 0.1) is 6.04 Å². The summed E-state index contributed by atoms with van der Waals surface area (Å²) < 4.78 is 45.0. The van der Waals surface area contributed by atoms with Crippen LogP contribution in [0.4, 0.5) is 18.0 Å². The van der Waals surface area contributed by atoms with Gasteiger partial charge in [0.25, 0.3) is 5.91 Å². The van der Waals surface area contributed by atoms with Gasteiger partial charge in [0.2, 0.25) is 5.60 Å². The molecule has 3 rings (SSSR count). The number of alkyl halides is 3. The zero-order valence-corrected chi connectivity index (χ0v) is 16.8. The largest absolute Gasteiger partial charge is 0.465 e. The molecule has 1 saturated heterocycles. The molecule has 160 valence electrons. The molecule has 1 N–H and O–H groups in total. The van der Waals surface area contributed by atoms with Crippen LogP contribution in [0.3, 0.4) is 0 Å². The van der Waals surface area contributed by atoms with Crippen LogP contribution < -0.4 is 0 Å². The number of hydrogen-bond acceptors (Lipinski definition) is 3. The van der Waals surface area contributed by atoms with Crippen LogP contribution in [0.1, 0.15) is 42.5 Å². The number of amides is 2. The van der Waals surface area contributed by atoms with E-state index in [0.29, 0.717) is 42.0 Å². The highest BCUT2D eigenvalue weighted by molar-refractivity contribution is 6.30. The Hall–Kier alpha value is -2.00.